The van der Waals surface area contributed by atoms with E-state index >= 15 is 0 Å². The van der Waals surface area contributed by atoms with E-state index in [2.05, 4.69) is 55.4 Å². The van der Waals surface area contributed by atoms with E-state index < -0.39 is 0 Å². The fraction of sp³-hybridized carbons (Fsp3) is 0.611. The van der Waals surface area contributed by atoms with Gasteiger partial charge in [0.1, 0.15) is 0 Å². The van der Waals surface area contributed by atoms with Crippen LogP contribution in [0.5, 0.6) is 0 Å². The van der Waals surface area contributed by atoms with Gasteiger partial charge in [0.2, 0.25) is 0 Å². The number of anilines is 1. The van der Waals surface area contributed by atoms with Crippen LogP contribution in [0, 0.1) is 19.8 Å². The Balaban J connectivity index is 1.79. The van der Waals surface area contributed by atoms with Crippen LogP contribution in [0.25, 0.3) is 0 Å². The Kier molecular flexibility index (Phi) is 6.81. The Hall–Kier alpha value is -1.17. The molecule has 1 atom stereocenters. The van der Waals surface area contributed by atoms with Crippen LogP contribution in [-0.4, -0.2) is 48.9 Å². The number of nitrogens with one attached hydrogen (secondary N) is 2. The number of thiocarbonyl (C=S) groups is 1. The summed E-state index contributed by atoms with van der Waals surface area (Å²) in [5, 5.41) is 7.23. The van der Waals surface area contributed by atoms with Crippen LogP contribution >= 0.6 is 12.2 Å². The molecule has 1 saturated heterocycles. The zero-order chi connectivity index (χ0) is 16.8. The van der Waals surface area contributed by atoms with E-state index in [-0.39, 0.29) is 6.10 Å². The average molecular weight is 336 g/mol. The maximum absolute atomic E-state index is 5.84. The van der Waals surface area contributed by atoms with E-state index in [1.807, 2.05) is 6.07 Å². The summed E-state index contributed by atoms with van der Waals surface area (Å²) in [7, 11) is 0. The first-order valence-electron chi connectivity index (χ1n) is 8.40. The Morgan fingerprint density at radius 3 is 2.91 bits per heavy atom. The third-order valence-electron chi connectivity index (χ3n) is 4.19. The molecular weight excluding hydrogens is 306 g/mol. The van der Waals surface area contributed by atoms with Crippen molar-refractivity contribution in [3.8, 4) is 0 Å². The molecule has 23 heavy (non-hydrogen) atoms. The lowest BCUT2D eigenvalue weighted by atomic mass is 10.1. The van der Waals surface area contributed by atoms with Crippen molar-refractivity contribution in [2.75, 3.05) is 38.1 Å². The van der Waals surface area contributed by atoms with Crippen LogP contribution in [-0.2, 0) is 4.74 Å². The summed E-state index contributed by atoms with van der Waals surface area (Å²) in [4.78, 5) is 2.47. The first kappa shape index (κ1) is 18.2. The lowest BCUT2D eigenvalue weighted by Crippen LogP contribution is -2.48. The normalized spacial score (nSPS) is 18.9. The smallest absolute Gasteiger partial charge is 0.170 e. The highest BCUT2D eigenvalue weighted by Crippen LogP contribution is 2.17. The molecule has 1 fully saturated rings. The van der Waals surface area contributed by atoms with Gasteiger partial charge >= 0.3 is 0 Å². The van der Waals surface area contributed by atoms with Gasteiger partial charge in [-0.15, -0.1) is 0 Å². The molecule has 0 radical (unpaired) electrons. The number of hydrogen-bond donors (Lipinski definition) is 2. The number of nitrogens with zero attached hydrogens (tertiary/aromatic N) is 1. The molecule has 0 aromatic heterocycles. The van der Waals surface area contributed by atoms with E-state index in [1.165, 1.54) is 11.1 Å². The molecule has 1 aromatic carbocycles. The second kappa shape index (κ2) is 8.62. The largest absolute Gasteiger partial charge is 0.374 e. The van der Waals surface area contributed by atoms with Crippen LogP contribution < -0.4 is 10.6 Å². The predicted octanol–water partition coefficient (Wildman–Crippen LogP) is 2.95. The quantitative estimate of drug-likeness (QED) is 0.809. The Labute approximate surface area is 145 Å². The second-order valence-electron chi connectivity index (χ2n) is 6.73. The number of hydrogen-bond acceptors (Lipinski definition) is 3. The third-order valence-corrected chi connectivity index (χ3v) is 4.44. The van der Waals surface area contributed by atoms with Crippen molar-refractivity contribution in [1.29, 1.82) is 0 Å². The summed E-state index contributed by atoms with van der Waals surface area (Å²) in [6, 6.07) is 6.20. The molecule has 2 N–H and O–H groups in total. The van der Waals surface area contributed by atoms with Crippen molar-refractivity contribution < 1.29 is 4.74 Å². The van der Waals surface area contributed by atoms with Gasteiger partial charge in [-0.05, 0) is 49.2 Å². The SMILES string of the molecule is Cc1cccc(NC(=S)NC[C@H]2CN(CC(C)C)CCO2)c1C. The van der Waals surface area contributed by atoms with Crippen molar-refractivity contribution in [3.05, 3.63) is 29.3 Å². The molecule has 4 nitrogen and oxygen atoms in total. The summed E-state index contributed by atoms with van der Waals surface area (Å²) in [5.74, 6) is 0.689. The van der Waals surface area contributed by atoms with Crippen molar-refractivity contribution in [3.63, 3.8) is 0 Å². The zero-order valence-corrected chi connectivity index (χ0v) is 15.5. The van der Waals surface area contributed by atoms with Crippen molar-refractivity contribution >= 4 is 23.0 Å². The first-order chi connectivity index (χ1) is 11.0. The maximum atomic E-state index is 5.84. The Morgan fingerprint density at radius 2 is 2.17 bits per heavy atom. The zero-order valence-electron chi connectivity index (χ0n) is 14.7. The number of morpholine rings is 1. The van der Waals surface area contributed by atoms with Gasteiger partial charge in [-0.2, -0.15) is 0 Å². The van der Waals surface area contributed by atoms with Crippen molar-refractivity contribution in [1.82, 2.24) is 10.2 Å². The molecule has 2 rings (SSSR count). The van der Waals surface area contributed by atoms with E-state index in [1.54, 1.807) is 0 Å². The number of ether oxygens (including phenoxy) is 1. The summed E-state index contributed by atoms with van der Waals surface area (Å²) in [6.07, 6.45) is 0.195. The Morgan fingerprint density at radius 1 is 1.39 bits per heavy atom. The van der Waals surface area contributed by atoms with Gasteiger partial charge in [0.25, 0.3) is 0 Å². The fourth-order valence-electron chi connectivity index (χ4n) is 2.85. The first-order valence-corrected chi connectivity index (χ1v) is 8.81. The van der Waals surface area contributed by atoms with Gasteiger partial charge in [0.05, 0.1) is 12.7 Å². The van der Waals surface area contributed by atoms with Crippen LogP contribution in [0.1, 0.15) is 25.0 Å². The minimum absolute atomic E-state index is 0.195. The highest BCUT2D eigenvalue weighted by atomic mass is 32.1. The van der Waals surface area contributed by atoms with Gasteiger partial charge in [-0.25, -0.2) is 0 Å². The van der Waals surface area contributed by atoms with Crippen molar-refractivity contribution in [2.45, 2.75) is 33.8 Å². The standard InChI is InChI=1S/C18H29N3OS/c1-13(2)11-21-8-9-22-16(12-21)10-19-18(23)20-17-7-5-6-14(3)15(17)4/h5-7,13,16H,8-12H2,1-4H3,(H2,19,20,23)/t16-/m0/s1. The van der Waals surface area contributed by atoms with Gasteiger partial charge in [-0.3, -0.25) is 4.90 Å². The lowest BCUT2D eigenvalue weighted by molar-refractivity contribution is -0.0283. The summed E-state index contributed by atoms with van der Waals surface area (Å²) < 4.78 is 5.84. The van der Waals surface area contributed by atoms with E-state index in [9.17, 15) is 0 Å². The molecule has 128 valence electrons. The Bertz CT molecular complexity index is 533. The van der Waals surface area contributed by atoms with Gasteiger partial charge < -0.3 is 15.4 Å². The molecule has 0 bridgehead atoms. The molecular formula is C18H29N3OS. The molecule has 1 aliphatic rings. The number of aryl methyl sites for hydroxylation is 1. The van der Waals surface area contributed by atoms with Crippen LogP contribution in [0.3, 0.4) is 0 Å². The van der Waals surface area contributed by atoms with Gasteiger partial charge in [0.15, 0.2) is 5.11 Å². The molecule has 0 aliphatic carbocycles. The summed E-state index contributed by atoms with van der Waals surface area (Å²) in [6.45, 7) is 13.4. The second-order valence-corrected chi connectivity index (χ2v) is 7.14. The number of benzene rings is 1. The van der Waals surface area contributed by atoms with E-state index in [4.69, 9.17) is 17.0 Å². The minimum atomic E-state index is 0.195. The molecule has 1 aromatic rings. The van der Waals surface area contributed by atoms with Crippen LogP contribution in [0.4, 0.5) is 5.69 Å². The van der Waals surface area contributed by atoms with Gasteiger partial charge in [0, 0.05) is 31.9 Å². The van der Waals surface area contributed by atoms with Gasteiger partial charge in [-0.1, -0.05) is 26.0 Å². The molecule has 0 unspecified atom stereocenters. The highest BCUT2D eigenvalue weighted by molar-refractivity contribution is 7.80. The fourth-order valence-corrected chi connectivity index (χ4v) is 3.04. The lowest BCUT2D eigenvalue weighted by Gasteiger charge is -2.34. The summed E-state index contributed by atoms with van der Waals surface area (Å²) >= 11 is 5.42. The molecule has 0 spiro atoms. The molecule has 0 amide bonds. The topological polar surface area (TPSA) is 36.5 Å². The maximum Gasteiger partial charge on any atom is 0.170 e. The van der Waals surface area contributed by atoms with E-state index in [0.717, 1.165) is 38.5 Å². The predicted molar refractivity (Wildman–Crippen MR) is 101 cm³/mol. The monoisotopic (exact) mass is 335 g/mol. The van der Waals surface area contributed by atoms with Crippen LogP contribution in [0.15, 0.2) is 18.2 Å². The summed E-state index contributed by atoms with van der Waals surface area (Å²) in [5.41, 5.74) is 3.56. The minimum Gasteiger partial charge on any atom is -0.374 e. The molecule has 1 aliphatic heterocycles. The third kappa shape index (κ3) is 5.75. The van der Waals surface area contributed by atoms with Crippen molar-refractivity contribution in [2.24, 2.45) is 5.92 Å². The molecule has 0 saturated carbocycles. The van der Waals surface area contributed by atoms with Crippen LogP contribution in [0.2, 0.25) is 0 Å². The molecule has 1 heterocycles. The molecule has 5 heteroatoms. The van der Waals surface area contributed by atoms with E-state index in [0.29, 0.717) is 11.0 Å². The number of rotatable bonds is 5. The average Bonchev–Trinajstić information content (AvgIpc) is 2.50. The highest BCUT2D eigenvalue weighted by Gasteiger charge is 2.20.